The van der Waals surface area contributed by atoms with Crippen LogP contribution in [-0.4, -0.2) is 60.9 Å². The summed E-state index contributed by atoms with van der Waals surface area (Å²) in [6.07, 6.45) is 1.85. The van der Waals surface area contributed by atoms with Gasteiger partial charge >= 0.3 is 6.09 Å². The highest BCUT2D eigenvalue weighted by molar-refractivity contribution is 6.37. The highest BCUT2D eigenvalue weighted by Crippen LogP contribution is 2.43. The fourth-order valence-corrected chi connectivity index (χ4v) is 4.51. The zero-order chi connectivity index (χ0) is 27.2. The molecule has 3 rings (SSSR count). The lowest BCUT2D eigenvalue weighted by molar-refractivity contribution is -0.139. The molecule has 0 aromatic heterocycles. The van der Waals surface area contributed by atoms with E-state index >= 15 is 0 Å². The average molecular weight is 517 g/mol. The van der Waals surface area contributed by atoms with Crippen LogP contribution in [-0.2, 0) is 30.3 Å². The maximum absolute atomic E-state index is 13.1. The minimum atomic E-state index is -1.27. The molecule has 1 aliphatic heterocycles. The maximum atomic E-state index is 13.1. The van der Waals surface area contributed by atoms with Crippen LogP contribution in [0.25, 0.3) is 0 Å². The van der Waals surface area contributed by atoms with E-state index in [1.165, 1.54) is 0 Å². The SMILES string of the molecule is COc1cccc(CC2(OC(=O)NC(CC(C)C)C(=O)NC(CC3CCNC3=O)C(=O)C(N)=O)CC2)c1. The monoisotopic (exact) mass is 516 g/mol. The van der Waals surface area contributed by atoms with E-state index in [-0.39, 0.29) is 24.7 Å². The number of Topliss-reactive ketones (excluding diaryl/α,β-unsaturated/α-hetero) is 1. The molecule has 0 spiro atoms. The van der Waals surface area contributed by atoms with Crippen molar-refractivity contribution in [1.29, 1.82) is 0 Å². The number of alkyl carbamates (subject to hydrolysis) is 1. The fourth-order valence-electron chi connectivity index (χ4n) is 4.51. The molecule has 0 radical (unpaired) electrons. The van der Waals surface area contributed by atoms with Gasteiger partial charge in [0.25, 0.3) is 5.91 Å². The van der Waals surface area contributed by atoms with Gasteiger partial charge in [0, 0.05) is 18.9 Å². The first-order valence-corrected chi connectivity index (χ1v) is 12.6. The second kappa shape index (κ2) is 12.1. The highest BCUT2D eigenvalue weighted by Gasteiger charge is 2.47. The Balaban J connectivity index is 1.65. The molecule has 2 aliphatic rings. The molecule has 1 saturated heterocycles. The third kappa shape index (κ3) is 7.93. The summed E-state index contributed by atoms with van der Waals surface area (Å²) >= 11 is 0. The van der Waals surface area contributed by atoms with Gasteiger partial charge in [-0.1, -0.05) is 26.0 Å². The van der Waals surface area contributed by atoms with Crippen molar-refractivity contribution in [2.45, 2.75) is 70.1 Å². The summed E-state index contributed by atoms with van der Waals surface area (Å²) < 4.78 is 11.0. The summed E-state index contributed by atoms with van der Waals surface area (Å²) in [7, 11) is 1.58. The van der Waals surface area contributed by atoms with Gasteiger partial charge in [-0.05, 0) is 55.7 Å². The molecule has 0 bridgehead atoms. The number of methoxy groups -OCH3 is 1. The summed E-state index contributed by atoms with van der Waals surface area (Å²) in [4.78, 5) is 62.0. The molecule has 1 aromatic rings. The van der Waals surface area contributed by atoms with E-state index in [4.69, 9.17) is 15.2 Å². The van der Waals surface area contributed by atoms with Crippen molar-refractivity contribution in [3.05, 3.63) is 29.8 Å². The second-order valence-electron chi connectivity index (χ2n) is 10.2. The van der Waals surface area contributed by atoms with Crippen LogP contribution < -0.4 is 26.4 Å². The minimum absolute atomic E-state index is 0.0219. The molecule has 3 atom stereocenters. The largest absolute Gasteiger partial charge is 0.497 e. The van der Waals surface area contributed by atoms with Crippen LogP contribution in [0.2, 0.25) is 0 Å². The van der Waals surface area contributed by atoms with E-state index in [0.717, 1.165) is 5.56 Å². The molecule has 5 N–H and O–H groups in total. The first-order chi connectivity index (χ1) is 17.5. The van der Waals surface area contributed by atoms with E-state index in [1.54, 1.807) is 7.11 Å². The topological polar surface area (TPSA) is 166 Å². The van der Waals surface area contributed by atoms with Gasteiger partial charge in [0.2, 0.25) is 17.6 Å². The summed E-state index contributed by atoms with van der Waals surface area (Å²) in [5, 5.41) is 7.82. The molecule has 1 heterocycles. The van der Waals surface area contributed by atoms with Crippen molar-refractivity contribution >= 4 is 29.6 Å². The molecule has 1 aliphatic carbocycles. The Bertz CT molecular complexity index is 1040. The number of ketones is 1. The van der Waals surface area contributed by atoms with Crippen molar-refractivity contribution in [2.75, 3.05) is 13.7 Å². The Labute approximate surface area is 216 Å². The molecule has 1 saturated carbocycles. The van der Waals surface area contributed by atoms with E-state index in [1.807, 2.05) is 38.1 Å². The van der Waals surface area contributed by atoms with E-state index in [9.17, 15) is 24.0 Å². The number of nitrogens with one attached hydrogen (secondary N) is 3. The van der Waals surface area contributed by atoms with Gasteiger partial charge < -0.3 is 31.2 Å². The molecule has 37 heavy (non-hydrogen) atoms. The van der Waals surface area contributed by atoms with Crippen LogP contribution in [0.15, 0.2) is 24.3 Å². The lowest BCUT2D eigenvalue weighted by Crippen LogP contribution is -2.54. The van der Waals surface area contributed by atoms with Crippen LogP contribution in [0.4, 0.5) is 4.79 Å². The number of rotatable bonds is 13. The van der Waals surface area contributed by atoms with Gasteiger partial charge in [-0.15, -0.1) is 0 Å². The number of amides is 4. The van der Waals surface area contributed by atoms with Crippen LogP contribution in [0.3, 0.4) is 0 Å². The normalized spacial score (nSPS) is 19.4. The third-order valence-corrected chi connectivity index (χ3v) is 6.65. The number of hydrogen-bond acceptors (Lipinski definition) is 7. The van der Waals surface area contributed by atoms with Gasteiger partial charge in [0.15, 0.2) is 0 Å². The Kier molecular flexibility index (Phi) is 9.12. The van der Waals surface area contributed by atoms with Crippen molar-refractivity contribution in [2.24, 2.45) is 17.6 Å². The van der Waals surface area contributed by atoms with Crippen LogP contribution >= 0.6 is 0 Å². The van der Waals surface area contributed by atoms with Gasteiger partial charge in [-0.3, -0.25) is 19.2 Å². The molecule has 1 aromatic carbocycles. The number of carbonyl (C=O) groups is 5. The summed E-state index contributed by atoms with van der Waals surface area (Å²) in [5.41, 5.74) is 5.48. The molecular weight excluding hydrogens is 480 g/mol. The van der Waals surface area contributed by atoms with E-state index in [2.05, 4.69) is 16.0 Å². The summed E-state index contributed by atoms with van der Waals surface area (Å²) in [6.45, 7) is 4.22. The molecule has 4 amide bonds. The first kappa shape index (κ1) is 27.9. The summed E-state index contributed by atoms with van der Waals surface area (Å²) in [5.74, 6) is -2.89. The van der Waals surface area contributed by atoms with Gasteiger partial charge in [0.05, 0.1) is 13.2 Å². The third-order valence-electron chi connectivity index (χ3n) is 6.65. The molecule has 2 fully saturated rings. The predicted molar refractivity (Wildman–Crippen MR) is 133 cm³/mol. The van der Waals surface area contributed by atoms with Crippen molar-refractivity contribution in [1.82, 2.24) is 16.0 Å². The fraction of sp³-hybridized carbons (Fsp3) is 0.577. The lowest BCUT2D eigenvalue weighted by atomic mass is 9.94. The number of carbonyl (C=O) groups excluding carboxylic acids is 5. The van der Waals surface area contributed by atoms with Crippen LogP contribution in [0.5, 0.6) is 5.75 Å². The quantitative estimate of drug-likeness (QED) is 0.284. The van der Waals surface area contributed by atoms with Crippen molar-refractivity contribution in [3.63, 3.8) is 0 Å². The average Bonchev–Trinajstić information content (AvgIpc) is 3.46. The Hall–Kier alpha value is -3.63. The molecule has 3 unspecified atom stereocenters. The number of nitrogens with two attached hydrogens (primary N) is 1. The molecule has 11 heteroatoms. The Morgan fingerprint density at radius 1 is 1.16 bits per heavy atom. The number of ether oxygens (including phenoxy) is 2. The highest BCUT2D eigenvalue weighted by atomic mass is 16.6. The number of benzene rings is 1. The van der Waals surface area contributed by atoms with Crippen LogP contribution in [0.1, 0.15) is 51.5 Å². The van der Waals surface area contributed by atoms with Crippen molar-refractivity contribution < 1.29 is 33.4 Å². The minimum Gasteiger partial charge on any atom is -0.497 e. The molecule has 11 nitrogen and oxygen atoms in total. The zero-order valence-corrected chi connectivity index (χ0v) is 21.5. The standard InChI is InChI=1S/C26H36N4O7/c1-15(2)11-20(24(34)29-19(21(31)22(27)32)13-17-7-10-28-23(17)33)30-25(35)37-26(8-9-26)14-16-5-4-6-18(12-16)36-3/h4-6,12,15,17,19-20H,7-11,13-14H2,1-3H3,(H2,27,32)(H,28,33)(H,29,34)(H,30,35). The Morgan fingerprint density at radius 3 is 2.46 bits per heavy atom. The Morgan fingerprint density at radius 2 is 1.89 bits per heavy atom. The van der Waals surface area contributed by atoms with Gasteiger partial charge in [-0.2, -0.15) is 0 Å². The molecule has 202 valence electrons. The van der Waals surface area contributed by atoms with E-state index in [0.29, 0.717) is 38.0 Å². The second-order valence-corrected chi connectivity index (χ2v) is 10.2. The lowest BCUT2D eigenvalue weighted by Gasteiger charge is -2.25. The van der Waals surface area contributed by atoms with Gasteiger partial charge in [-0.25, -0.2) is 4.79 Å². The molecular formula is C26H36N4O7. The van der Waals surface area contributed by atoms with Crippen LogP contribution in [0, 0.1) is 11.8 Å². The first-order valence-electron chi connectivity index (χ1n) is 12.6. The summed E-state index contributed by atoms with van der Waals surface area (Å²) in [6, 6.07) is 5.23. The van der Waals surface area contributed by atoms with E-state index < -0.39 is 47.3 Å². The predicted octanol–water partition coefficient (Wildman–Crippen LogP) is 0.977. The van der Waals surface area contributed by atoms with Crippen molar-refractivity contribution in [3.8, 4) is 5.75 Å². The number of hydrogen-bond donors (Lipinski definition) is 4. The maximum Gasteiger partial charge on any atom is 0.408 e. The van der Waals surface area contributed by atoms with Gasteiger partial charge in [0.1, 0.15) is 17.4 Å². The smallest absolute Gasteiger partial charge is 0.408 e. The zero-order valence-electron chi connectivity index (χ0n) is 21.5. The number of primary amides is 1.